The van der Waals surface area contributed by atoms with E-state index >= 15 is 0 Å². The van der Waals surface area contributed by atoms with Crippen molar-refractivity contribution in [3.63, 3.8) is 0 Å². The van der Waals surface area contributed by atoms with Gasteiger partial charge in [-0.3, -0.25) is 14.5 Å². The van der Waals surface area contributed by atoms with E-state index in [0.29, 0.717) is 12.0 Å². The Kier molecular flexibility index (Phi) is 6.81. The second-order valence-electron chi connectivity index (χ2n) is 4.12. The van der Waals surface area contributed by atoms with Crippen LogP contribution in [0.1, 0.15) is 30.1 Å². The summed E-state index contributed by atoms with van der Waals surface area (Å²) in [5, 5.41) is 8.59. The molecule has 1 rings (SSSR count). The third-order valence-corrected chi connectivity index (χ3v) is 2.94. The van der Waals surface area contributed by atoms with Crippen LogP contribution in [-0.2, 0) is 4.79 Å². The molecule has 1 radical (unpaired) electrons. The molecule has 0 fully saturated rings. The lowest BCUT2D eigenvalue weighted by molar-refractivity contribution is -0.136. The van der Waals surface area contributed by atoms with Gasteiger partial charge in [0.15, 0.2) is 0 Å². The van der Waals surface area contributed by atoms with Crippen LogP contribution in [0.25, 0.3) is 0 Å². The Balaban J connectivity index is 2.73. The first-order valence-corrected chi connectivity index (χ1v) is 6.68. The van der Waals surface area contributed by atoms with Gasteiger partial charge in [-0.15, -0.1) is 0 Å². The summed E-state index contributed by atoms with van der Waals surface area (Å²) in [5.41, 5.74) is -0.0762. The lowest BCUT2D eigenvalue weighted by Gasteiger charge is -2.24. The Hall–Kier alpha value is -1.81. The molecule has 5 heteroatoms. The van der Waals surface area contributed by atoms with E-state index in [-0.39, 0.29) is 12.3 Å². The Bertz CT molecular complexity index is 473. The van der Waals surface area contributed by atoms with Crippen molar-refractivity contribution < 1.29 is 14.7 Å². The fraction of sp³-hybridized carbons (Fsp3) is 0.267. The number of hydrogen-bond acceptors (Lipinski definition) is 2. The van der Waals surface area contributed by atoms with E-state index in [1.54, 1.807) is 49.9 Å². The minimum Gasteiger partial charge on any atom is -0.481 e. The van der Waals surface area contributed by atoms with E-state index < -0.39 is 11.5 Å². The number of halogens is 1. The zero-order valence-corrected chi connectivity index (χ0v) is 12.0. The molecule has 0 saturated carbocycles. The fourth-order valence-electron chi connectivity index (χ4n) is 1.64. The van der Waals surface area contributed by atoms with Crippen molar-refractivity contribution in [3.05, 3.63) is 54.6 Å². The van der Waals surface area contributed by atoms with Crippen molar-refractivity contribution in [2.45, 2.75) is 25.3 Å². The molecule has 0 heterocycles. The van der Waals surface area contributed by atoms with Crippen LogP contribution >= 0.6 is 11.6 Å². The highest BCUT2D eigenvalue weighted by Crippen LogP contribution is 2.17. The van der Waals surface area contributed by atoms with E-state index in [0.717, 1.165) is 0 Å². The van der Waals surface area contributed by atoms with Crippen LogP contribution in [0.4, 0.5) is 0 Å². The molecular weight excluding hydrogens is 278 g/mol. The lowest BCUT2D eigenvalue weighted by Crippen LogP contribution is -2.32. The van der Waals surface area contributed by atoms with Gasteiger partial charge in [-0.05, 0) is 31.9 Å². The minimum atomic E-state index is -0.916. The van der Waals surface area contributed by atoms with E-state index in [4.69, 9.17) is 16.7 Å². The maximum atomic E-state index is 12.3. The lowest BCUT2D eigenvalue weighted by atomic mass is 10.2. The topological polar surface area (TPSA) is 57.6 Å². The number of carboxylic acid groups (broad SMARTS) is 1. The van der Waals surface area contributed by atoms with E-state index in [1.165, 1.54) is 4.90 Å². The smallest absolute Gasteiger partial charge is 0.303 e. The second kappa shape index (κ2) is 8.38. The highest BCUT2D eigenvalue weighted by Gasteiger charge is 2.20. The minimum absolute atomic E-state index is 0.0770. The van der Waals surface area contributed by atoms with Gasteiger partial charge in [-0.25, -0.2) is 0 Å². The zero-order valence-electron chi connectivity index (χ0n) is 11.2. The molecular formula is C15H17ClNO3. The molecule has 0 spiro atoms. The maximum absolute atomic E-state index is 12.3. The summed E-state index contributed by atoms with van der Waals surface area (Å²) in [4.78, 5) is 24.2. The van der Waals surface area contributed by atoms with Crippen LogP contribution in [0.3, 0.4) is 0 Å². The molecule has 1 atom stereocenters. The quantitative estimate of drug-likeness (QED) is 0.620. The van der Waals surface area contributed by atoms with Crippen molar-refractivity contribution in [2.24, 2.45) is 0 Å². The molecule has 0 bridgehead atoms. The summed E-state index contributed by atoms with van der Waals surface area (Å²) in [7, 11) is 0. The number of amides is 1. The zero-order chi connectivity index (χ0) is 15.0. The predicted molar refractivity (Wildman–Crippen MR) is 78.2 cm³/mol. The molecule has 1 aromatic carbocycles. The van der Waals surface area contributed by atoms with E-state index in [2.05, 4.69) is 0 Å². The third kappa shape index (κ3) is 5.05. The molecule has 1 N–H and O–H groups in total. The second-order valence-corrected chi connectivity index (χ2v) is 4.62. The number of nitrogens with zero attached hydrogens (tertiary/aromatic N) is 1. The third-order valence-electron chi connectivity index (χ3n) is 2.55. The number of hydrogen-bond donors (Lipinski definition) is 1. The molecule has 4 nitrogen and oxygen atoms in total. The molecule has 0 aliphatic carbocycles. The summed E-state index contributed by atoms with van der Waals surface area (Å²) < 4.78 is 0. The number of aliphatic carboxylic acids is 1. The van der Waals surface area contributed by atoms with Gasteiger partial charge in [0.05, 0.1) is 0 Å². The normalized spacial score (nSPS) is 12.3. The Morgan fingerprint density at radius 1 is 1.35 bits per heavy atom. The van der Waals surface area contributed by atoms with E-state index in [1.807, 2.05) is 6.07 Å². The number of carbonyl (C=O) groups excluding carboxylic acids is 1. The van der Waals surface area contributed by atoms with Gasteiger partial charge >= 0.3 is 5.97 Å². The molecule has 107 valence electrons. The predicted octanol–water partition coefficient (Wildman–Crippen LogP) is 3.30. The van der Waals surface area contributed by atoms with Crippen LogP contribution < -0.4 is 0 Å². The van der Waals surface area contributed by atoms with Gasteiger partial charge in [0.25, 0.3) is 5.91 Å². The SMILES string of the molecule is CC=CN(C(=O)c1ccccc1)C(Cl)C[CH]CC(=O)O. The highest BCUT2D eigenvalue weighted by atomic mass is 35.5. The fourth-order valence-corrected chi connectivity index (χ4v) is 1.92. The standard InChI is InChI=1S/C15H17ClNO3/c1-2-11-17(13(16)9-6-10-14(18)19)15(20)12-7-4-3-5-8-12/h2-8,11,13H,9-10H2,1H3,(H,18,19). The van der Waals surface area contributed by atoms with Gasteiger partial charge in [-0.2, -0.15) is 0 Å². The van der Waals surface area contributed by atoms with Gasteiger partial charge in [0.1, 0.15) is 5.50 Å². The van der Waals surface area contributed by atoms with Gasteiger partial charge in [0.2, 0.25) is 0 Å². The first kappa shape index (κ1) is 16.2. The molecule has 0 aliphatic heterocycles. The van der Waals surface area contributed by atoms with Crippen LogP contribution in [-0.4, -0.2) is 27.4 Å². The molecule has 0 saturated heterocycles. The average molecular weight is 295 g/mol. The number of benzene rings is 1. The molecule has 0 aromatic heterocycles. The van der Waals surface area contributed by atoms with Crippen molar-refractivity contribution in [3.8, 4) is 0 Å². The largest absolute Gasteiger partial charge is 0.481 e. The first-order chi connectivity index (χ1) is 9.56. The number of allylic oxidation sites excluding steroid dienone is 1. The Labute approximate surface area is 123 Å². The van der Waals surface area contributed by atoms with Crippen LogP contribution in [0.2, 0.25) is 0 Å². The highest BCUT2D eigenvalue weighted by molar-refractivity contribution is 6.22. The Morgan fingerprint density at radius 3 is 2.55 bits per heavy atom. The van der Waals surface area contributed by atoms with Crippen molar-refractivity contribution in [1.82, 2.24) is 4.90 Å². The molecule has 1 aromatic rings. The van der Waals surface area contributed by atoms with Gasteiger partial charge in [0, 0.05) is 18.2 Å². The molecule has 1 amide bonds. The van der Waals surface area contributed by atoms with Gasteiger partial charge < -0.3 is 5.11 Å². The first-order valence-electron chi connectivity index (χ1n) is 6.24. The van der Waals surface area contributed by atoms with E-state index in [9.17, 15) is 9.59 Å². The van der Waals surface area contributed by atoms with Crippen LogP contribution in [0.5, 0.6) is 0 Å². The van der Waals surface area contributed by atoms with Crippen LogP contribution in [0, 0.1) is 6.42 Å². The summed E-state index contributed by atoms with van der Waals surface area (Å²) in [6.45, 7) is 1.79. The summed E-state index contributed by atoms with van der Waals surface area (Å²) in [6.07, 6.45) is 5.09. The summed E-state index contributed by atoms with van der Waals surface area (Å²) in [6, 6.07) is 8.81. The van der Waals surface area contributed by atoms with Crippen molar-refractivity contribution >= 4 is 23.5 Å². The van der Waals surface area contributed by atoms with Gasteiger partial charge in [-0.1, -0.05) is 35.9 Å². The summed E-state index contributed by atoms with van der Waals surface area (Å²) >= 11 is 6.18. The molecule has 1 unspecified atom stereocenters. The summed E-state index contributed by atoms with van der Waals surface area (Å²) in [5.74, 6) is -1.13. The molecule has 0 aliphatic rings. The van der Waals surface area contributed by atoms with Crippen LogP contribution in [0.15, 0.2) is 42.6 Å². The molecule has 20 heavy (non-hydrogen) atoms. The monoisotopic (exact) mass is 294 g/mol. The van der Waals surface area contributed by atoms with Crippen molar-refractivity contribution in [1.29, 1.82) is 0 Å². The number of alkyl halides is 1. The number of rotatable bonds is 7. The maximum Gasteiger partial charge on any atom is 0.303 e. The average Bonchev–Trinajstić information content (AvgIpc) is 2.44. The number of carboxylic acids is 1. The number of carbonyl (C=O) groups is 2. The Morgan fingerprint density at radius 2 is 2.00 bits per heavy atom. The van der Waals surface area contributed by atoms with Crippen molar-refractivity contribution in [2.75, 3.05) is 0 Å².